The monoisotopic (exact) mass is 403 g/mol. The van der Waals surface area contributed by atoms with Gasteiger partial charge in [0.2, 0.25) is 5.91 Å². The number of hydrogen-bond donors (Lipinski definition) is 1. The maximum absolute atomic E-state index is 12.3. The summed E-state index contributed by atoms with van der Waals surface area (Å²) in [5.74, 6) is -0.126. The summed E-state index contributed by atoms with van der Waals surface area (Å²) in [7, 11) is 1.62. The topological polar surface area (TPSA) is 71.5 Å². The Morgan fingerprint density at radius 3 is 2.92 bits per heavy atom. The van der Waals surface area contributed by atoms with Crippen molar-refractivity contribution in [2.24, 2.45) is 0 Å². The van der Waals surface area contributed by atoms with Crippen LogP contribution in [-0.2, 0) is 16.0 Å². The molecule has 1 aliphatic heterocycles. The number of nitrogens with one attached hydrogen (secondary N) is 1. The van der Waals surface area contributed by atoms with Crippen LogP contribution < -0.4 is 10.2 Å². The highest BCUT2D eigenvalue weighted by atomic mass is 79.9. The van der Waals surface area contributed by atoms with Crippen molar-refractivity contribution in [1.29, 1.82) is 0 Å². The average Bonchev–Trinajstić information content (AvgIpc) is 2.61. The summed E-state index contributed by atoms with van der Waals surface area (Å²) in [6.45, 7) is 1.01. The molecule has 2 aromatic rings. The highest BCUT2D eigenvalue weighted by Crippen LogP contribution is 2.30. The summed E-state index contributed by atoms with van der Waals surface area (Å²) in [5.41, 5.74) is 3.10. The first-order chi connectivity index (χ1) is 12.1. The molecule has 0 radical (unpaired) electrons. The molecule has 0 aliphatic carbocycles. The Bertz CT molecular complexity index is 810. The fourth-order valence-electron chi connectivity index (χ4n) is 2.80. The number of rotatable bonds is 5. The molecular weight excluding hydrogens is 386 g/mol. The molecule has 6 nitrogen and oxygen atoms in total. The Morgan fingerprint density at radius 1 is 1.32 bits per heavy atom. The van der Waals surface area contributed by atoms with Crippen LogP contribution in [0.4, 0.5) is 11.4 Å². The molecule has 1 N–H and O–H groups in total. The zero-order chi connectivity index (χ0) is 17.8. The SMILES string of the molecule is COCCN1C(=O)CCc2cc(NC(=O)c3cncc(Br)c3)ccc21. The molecule has 3 rings (SSSR count). The van der Waals surface area contributed by atoms with Crippen molar-refractivity contribution in [2.45, 2.75) is 12.8 Å². The number of halogens is 1. The molecule has 0 fully saturated rings. The predicted molar refractivity (Wildman–Crippen MR) is 98.9 cm³/mol. The van der Waals surface area contributed by atoms with E-state index < -0.39 is 0 Å². The van der Waals surface area contributed by atoms with E-state index in [1.807, 2.05) is 12.1 Å². The van der Waals surface area contributed by atoms with E-state index in [2.05, 4.69) is 26.2 Å². The second-order valence-electron chi connectivity index (χ2n) is 5.73. The lowest BCUT2D eigenvalue weighted by Crippen LogP contribution is -2.37. The number of hydrogen-bond acceptors (Lipinski definition) is 4. The van der Waals surface area contributed by atoms with Gasteiger partial charge in [-0.15, -0.1) is 0 Å². The summed E-state index contributed by atoms with van der Waals surface area (Å²) in [4.78, 5) is 30.2. The highest BCUT2D eigenvalue weighted by molar-refractivity contribution is 9.10. The second-order valence-corrected chi connectivity index (χ2v) is 6.64. The van der Waals surface area contributed by atoms with Crippen LogP contribution in [0.2, 0.25) is 0 Å². The number of amides is 2. The van der Waals surface area contributed by atoms with Crippen LogP contribution in [0, 0.1) is 0 Å². The Labute approximate surface area is 154 Å². The van der Waals surface area contributed by atoms with Crippen LogP contribution in [0.25, 0.3) is 0 Å². The molecule has 0 atom stereocenters. The third-order valence-electron chi connectivity index (χ3n) is 4.02. The van der Waals surface area contributed by atoms with E-state index in [-0.39, 0.29) is 11.8 Å². The van der Waals surface area contributed by atoms with Gasteiger partial charge in [0.1, 0.15) is 0 Å². The minimum Gasteiger partial charge on any atom is -0.383 e. The number of carbonyl (C=O) groups excluding carboxylic acids is 2. The van der Waals surface area contributed by atoms with Crippen LogP contribution in [-0.4, -0.2) is 37.1 Å². The molecule has 7 heteroatoms. The van der Waals surface area contributed by atoms with Crippen LogP contribution >= 0.6 is 15.9 Å². The summed E-state index contributed by atoms with van der Waals surface area (Å²) < 4.78 is 5.83. The Balaban J connectivity index is 1.79. The quantitative estimate of drug-likeness (QED) is 0.832. The lowest BCUT2D eigenvalue weighted by molar-refractivity contribution is -0.119. The number of nitrogens with zero attached hydrogens (tertiary/aromatic N) is 2. The van der Waals surface area contributed by atoms with E-state index in [4.69, 9.17) is 4.74 Å². The van der Waals surface area contributed by atoms with Gasteiger partial charge in [-0.05, 0) is 52.2 Å². The van der Waals surface area contributed by atoms with Gasteiger partial charge in [-0.2, -0.15) is 0 Å². The number of aromatic nitrogens is 1. The lowest BCUT2D eigenvalue weighted by atomic mass is 10.0. The van der Waals surface area contributed by atoms with E-state index in [0.717, 1.165) is 15.7 Å². The van der Waals surface area contributed by atoms with Crippen LogP contribution in [0.1, 0.15) is 22.3 Å². The first-order valence-electron chi connectivity index (χ1n) is 7.92. The number of methoxy groups -OCH3 is 1. The number of benzene rings is 1. The van der Waals surface area contributed by atoms with Gasteiger partial charge in [-0.25, -0.2) is 0 Å². The zero-order valence-corrected chi connectivity index (χ0v) is 15.4. The number of carbonyl (C=O) groups is 2. The smallest absolute Gasteiger partial charge is 0.257 e. The fraction of sp³-hybridized carbons (Fsp3) is 0.278. The lowest BCUT2D eigenvalue weighted by Gasteiger charge is -2.29. The molecule has 0 spiro atoms. The third-order valence-corrected chi connectivity index (χ3v) is 4.46. The molecule has 2 heterocycles. The normalized spacial score (nSPS) is 13.5. The molecule has 1 aromatic carbocycles. The summed E-state index contributed by atoms with van der Waals surface area (Å²) in [5, 5.41) is 2.88. The van der Waals surface area contributed by atoms with E-state index in [1.165, 1.54) is 6.20 Å². The first-order valence-corrected chi connectivity index (χ1v) is 8.72. The summed E-state index contributed by atoms with van der Waals surface area (Å²) in [6.07, 6.45) is 4.27. The van der Waals surface area contributed by atoms with E-state index in [9.17, 15) is 9.59 Å². The van der Waals surface area contributed by atoms with Crippen LogP contribution in [0.3, 0.4) is 0 Å². The first kappa shape index (κ1) is 17.6. The van der Waals surface area contributed by atoms with Crippen molar-refractivity contribution in [2.75, 3.05) is 30.5 Å². The van der Waals surface area contributed by atoms with E-state index in [0.29, 0.717) is 37.2 Å². The summed E-state index contributed by atoms with van der Waals surface area (Å²) in [6, 6.07) is 7.31. The minimum absolute atomic E-state index is 0.0987. The van der Waals surface area contributed by atoms with Crippen molar-refractivity contribution in [3.8, 4) is 0 Å². The molecule has 0 saturated carbocycles. The van der Waals surface area contributed by atoms with E-state index in [1.54, 1.807) is 30.3 Å². The standard InChI is InChI=1S/C18H18BrN3O3/c1-25-7-6-22-16-4-3-15(9-12(16)2-5-17(22)23)21-18(24)13-8-14(19)11-20-10-13/h3-4,8-11H,2,5-7H2,1H3,(H,21,24). The number of pyridine rings is 1. The van der Waals surface area contributed by atoms with Crippen molar-refractivity contribution < 1.29 is 14.3 Å². The van der Waals surface area contributed by atoms with Gasteiger partial charge in [-0.3, -0.25) is 14.6 Å². The van der Waals surface area contributed by atoms with Gasteiger partial charge in [-0.1, -0.05) is 0 Å². The molecule has 25 heavy (non-hydrogen) atoms. The van der Waals surface area contributed by atoms with Gasteiger partial charge in [0.05, 0.1) is 12.2 Å². The Kier molecular flexibility index (Phi) is 5.45. The molecule has 0 saturated heterocycles. The minimum atomic E-state index is -0.225. The molecule has 1 aliphatic rings. The molecule has 2 amide bonds. The highest BCUT2D eigenvalue weighted by Gasteiger charge is 2.24. The Morgan fingerprint density at radius 2 is 2.16 bits per heavy atom. The van der Waals surface area contributed by atoms with E-state index >= 15 is 0 Å². The third kappa shape index (κ3) is 4.05. The van der Waals surface area contributed by atoms with Gasteiger partial charge >= 0.3 is 0 Å². The van der Waals surface area contributed by atoms with Crippen molar-refractivity contribution in [1.82, 2.24) is 4.98 Å². The zero-order valence-electron chi connectivity index (χ0n) is 13.8. The van der Waals surface area contributed by atoms with Gasteiger partial charge in [0, 0.05) is 48.3 Å². The maximum Gasteiger partial charge on any atom is 0.257 e. The number of aryl methyl sites for hydroxylation is 1. The van der Waals surface area contributed by atoms with Gasteiger partial charge in [0.15, 0.2) is 0 Å². The largest absolute Gasteiger partial charge is 0.383 e. The molecule has 1 aromatic heterocycles. The second kappa shape index (κ2) is 7.76. The summed E-state index contributed by atoms with van der Waals surface area (Å²) >= 11 is 3.31. The molecule has 130 valence electrons. The van der Waals surface area contributed by atoms with Crippen molar-refractivity contribution >= 4 is 39.1 Å². The molecule has 0 bridgehead atoms. The van der Waals surface area contributed by atoms with Crippen molar-refractivity contribution in [3.05, 3.63) is 52.3 Å². The fourth-order valence-corrected chi connectivity index (χ4v) is 3.17. The van der Waals surface area contributed by atoms with Crippen molar-refractivity contribution in [3.63, 3.8) is 0 Å². The number of fused-ring (bicyclic) bond motifs is 1. The van der Waals surface area contributed by atoms with Gasteiger partial charge in [0.25, 0.3) is 5.91 Å². The average molecular weight is 404 g/mol. The number of anilines is 2. The Hall–Kier alpha value is -2.25. The maximum atomic E-state index is 12.3. The predicted octanol–water partition coefficient (Wildman–Crippen LogP) is 3.02. The van der Waals surface area contributed by atoms with Gasteiger partial charge < -0.3 is 15.0 Å². The molecule has 0 unspecified atom stereocenters. The number of ether oxygens (including phenoxy) is 1. The molecular formula is C18H18BrN3O3. The van der Waals surface area contributed by atoms with Crippen LogP contribution in [0.5, 0.6) is 0 Å². The van der Waals surface area contributed by atoms with Crippen LogP contribution in [0.15, 0.2) is 41.1 Å².